The van der Waals surface area contributed by atoms with E-state index in [1.165, 1.54) is 24.3 Å². The predicted molar refractivity (Wildman–Crippen MR) is 124 cm³/mol. The number of alkyl carbamates (subject to hydrolysis) is 1. The summed E-state index contributed by atoms with van der Waals surface area (Å²) in [6.07, 6.45) is 0.247. The average Bonchev–Trinajstić information content (AvgIpc) is 2.71. The van der Waals surface area contributed by atoms with Crippen molar-refractivity contribution in [3.63, 3.8) is 0 Å². The highest BCUT2D eigenvalue weighted by molar-refractivity contribution is 7.89. The van der Waals surface area contributed by atoms with E-state index in [1.54, 1.807) is 20.8 Å². The molecule has 0 aliphatic heterocycles. The molecule has 0 saturated heterocycles. The third kappa shape index (κ3) is 8.32. The minimum Gasteiger partial charge on any atom is -0.444 e. The maximum atomic E-state index is 12.9. The van der Waals surface area contributed by atoms with Crippen molar-refractivity contribution in [3.8, 4) is 0 Å². The zero-order valence-corrected chi connectivity index (χ0v) is 19.7. The van der Waals surface area contributed by atoms with Gasteiger partial charge in [-0.15, -0.1) is 0 Å². The Hall–Kier alpha value is -2.91. The van der Waals surface area contributed by atoms with Gasteiger partial charge in [0.15, 0.2) is 0 Å². The maximum absolute atomic E-state index is 12.9. The fraction of sp³-hybridized carbons (Fsp3) is 0.391. The lowest BCUT2D eigenvalue weighted by Gasteiger charge is -2.23. The second-order valence-corrected chi connectivity index (χ2v) is 10.1. The normalized spacial score (nSPS) is 12.6. The summed E-state index contributed by atoms with van der Waals surface area (Å²) in [6.45, 7) is 7.44. The smallest absolute Gasteiger partial charge is 0.408 e. The van der Waals surface area contributed by atoms with Crippen LogP contribution in [0.2, 0.25) is 0 Å². The van der Waals surface area contributed by atoms with Crippen LogP contribution in [0.25, 0.3) is 0 Å². The molecule has 2 amide bonds. The summed E-state index contributed by atoms with van der Waals surface area (Å²) in [5, 5.41) is 5.35. The van der Waals surface area contributed by atoms with Crippen molar-refractivity contribution in [2.24, 2.45) is 0 Å². The van der Waals surface area contributed by atoms with Crippen LogP contribution in [0.15, 0.2) is 59.5 Å². The summed E-state index contributed by atoms with van der Waals surface area (Å²) < 4.78 is 32.2. The molecule has 2 aromatic rings. The fourth-order valence-corrected chi connectivity index (χ4v) is 3.91. The molecule has 0 fully saturated rings. The first-order valence-electron chi connectivity index (χ1n) is 10.4. The van der Waals surface area contributed by atoms with Crippen LogP contribution in [0.1, 0.15) is 39.7 Å². The number of carbonyl (C=O) groups excluding carboxylic acids is 2. The van der Waals surface area contributed by atoms with E-state index in [-0.39, 0.29) is 11.3 Å². The van der Waals surface area contributed by atoms with E-state index in [9.17, 15) is 18.0 Å². The molecule has 0 unspecified atom stereocenters. The van der Waals surface area contributed by atoms with E-state index >= 15 is 0 Å². The minimum absolute atomic E-state index is 0.108. The van der Waals surface area contributed by atoms with E-state index in [2.05, 4.69) is 15.4 Å². The Kier molecular flexibility index (Phi) is 8.80. The van der Waals surface area contributed by atoms with Crippen LogP contribution in [0.3, 0.4) is 0 Å². The maximum Gasteiger partial charge on any atom is 0.408 e. The summed E-state index contributed by atoms with van der Waals surface area (Å²) >= 11 is 0. The quantitative estimate of drug-likeness (QED) is 0.529. The van der Waals surface area contributed by atoms with Crippen molar-refractivity contribution in [1.29, 1.82) is 0 Å². The molecule has 2 aromatic carbocycles. The Morgan fingerprint density at radius 2 is 1.62 bits per heavy atom. The molecule has 0 bridgehead atoms. The van der Waals surface area contributed by atoms with Gasteiger partial charge in [0, 0.05) is 18.7 Å². The Morgan fingerprint density at radius 3 is 2.19 bits per heavy atom. The van der Waals surface area contributed by atoms with Gasteiger partial charge < -0.3 is 15.4 Å². The molecule has 2 rings (SSSR count). The van der Waals surface area contributed by atoms with Gasteiger partial charge >= 0.3 is 6.09 Å². The van der Waals surface area contributed by atoms with Crippen LogP contribution in [-0.4, -0.2) is 38.6 Å². The highest BCUT2D eigenvalue weighted by atomic mass is 32.2. The summed E-state index contributed by atoms with van der Waals surface area (Å²) in [6, 6.07) is 14.2. The zero-order valence-electron chi connectivity index (χ0n) is 18.8. The molecule has 0 aliphatic rings. The lowest BCUT2D eigenvalue weighted by molar-refractivity contribution is -0.118. The molecule has 0 aromatic heterocycles. The third-order valence-electron chi connectivity index (χ3n) is 4.26. The van der Waals surface area contributed by atoms with Gasteiger partial charge in [-0.3, -0.25) is 4.79 Å². The zero-order chi connectivity index (χ0) is 23.8. The van der Waals surface area contributed by atoms with Crippen LogP contribution in [0.4, 0.5) is 10.5 Å². The standard InChI is InChI=1S/C23H31N3O5S/c1-5-15-24-32(29,30)19-13-11-18(12-14-19)25-21(27)20(16-17-9-7-6-8-10-17)26-22(28)31-23(2,3)4/h6-14,20,24H,5,15-16H2,1-4H3,(H,25,27)(H,26,28)/t20-/m0/s1. The first kappa shape index (κ1) is 25.4. The van der Waals surface area contributed by atoms with E-state index in [1.807, 2.05) is 37.3 Å². The summed E-state index contributed by atoms with van der Waals surface area (Å²) in [7, 11) is -3.59. The van der Waals surface area contributed by atoms with E-state index in [0.29, 0.717) is 18.7 Å². The fourth-order valence-electron chi connectivity index (χ4n) is 2.78. The van der Waals surface area contributed by atoms with Crippen molar-refractivity contribution >= 4 is 27.7 Å². The molecule has 0 spiro atoms. The van der Waals surface area contributed by atoms with Crippen molar-refractivity contribution in [2.75, 3.05) is 11.9 Å². The average molecular weight is 462 g/mol. The highest BCUT2D eigenvalue weighted by Gasteiger charge is 2.25. The van der Waals surface area contributed by atoms with Crippen LogP contribution in [-0.2, 0) is 26.0 Å². The van der Waals surface area contributed by atoms with Crippen molar-refractivity contribution in [1.82, 2.24) is 10.0 Å². The number of amides is 2. The number of rotatable bonds is 9. The Balaban J connectivity index is 2.13. The molecule has 0 saturated carbocycles. The molecule has 9 heteroatoms. The van der Waals surface area contributed by atoms with Gasteiger partial charge in [0.25, 0.3) is 0 Å². The second kappa shape index (κ2) is 11.1. The van der Waals surface area contributed by atoms with Gasteiger partial charge in [-0.1, -0.05) is 37.3 Å². The molecule has 0 heterocycles. The summed E-state index contributed by atoms with van der Waals surface area (Å²) in [5.74, 6) is -0.445. The van der Waals surface area contributed by atoms with Crippen molar-refractivity contribution in [3.05, 3.63) is 60.2 Å². The summed E-state index contributed by atoms with van der Waals surface area (Å²) in [4.78, 5) is 25.3. The molecule has 32 heavy (non-hydrogen) atoms. The molecular formula is C23H31N3O5S. The first-order valence-corrected chi connectivity index (χ1v) is 11.9. The highest BCUT2D eigenvalue weighted by Crippen LogP contribution is 2.15. The van der Waals surface area contributed by atoms with Gasteiger partial charge in [-0.2, -0.15) is 0 Å². The van der Waals surface area contributed by atoms with Gasteiger partial charge in [-0.05, 0) is 57.0 Å². The van der Waals surface area contributed by atoms with E-state index in [4.69, 9.17) is 4.74 Å². The molecular weight excluding hydrogens is 430 g/mol. The lowest BCUT2D eigenvalue weighted by atomic mass is 10.1. The third-order valence-corrected chi connectivity index (χ3v) is 5.74. The van der Waals surface area contributed by atoms with Crippen LogP contribution >= 0.6 is 0 Å². The van der Waals surface area contributed by atoms with E-state index in [0.717, 1.165) is 5.56 Å². The Labute approximate surface area is 189 Å². The topological polar surface area (TPSA) is 114 Å². The number of anilines is 1. The number of hydrogen-bond donors (Lipinski definition) is 3. The predicted octanol–water partition coefficient (Wildman–Crippen LogP) is 3.45. The molecule has 0 radical (unpaired) electrons. The SMILES string of the molecule is CCCNS(=O)(=O)c1ccc(NC(=O)[C@H](Cc2ccccc2)NC(=O)OC(C)(C)C)cc1. The Morgan fingerprint density at radius 1 is 1.00 bits per heavy atom. The summed E-state index contributed by atoms with van der Waals surface area (Å²) in [5.41, 5.74) is 0.575. The number of ether oxygens (including phenoxy) is 1. The van der Waals surface area contributed by atoms with Crippen molar-refractivity contribution < 1.29 is 22.7 Å². The van der Waals surface area contributed by atoms with Crippen LogP contribution in [0, 0.1) is 0 Å². The molecule has 3 N–H and O–H groups in total. The number of nitrogens with one attached hydrogen (secondary N) is 3. The number of hydrogen-bond acceptors (Lipinski definition) is 5. The van der Waals surface area contributed by atoms with Crippen LogP contribution in [0.5, 0.6) is 0 Å². The monoisotopic (exact) mass is 461 g/mol. The number of carbonyl (C=O) groups is 2. The van der Waals surface area contributed by atoms with Gasteiger partial charge in [0.2, 0.25) is 15.9 Å². The molecule has 0 aliphatic carbocycles. The largest absolute Gasteiger partial charge is 0.444 e. The van der Waals surface area contributed by atoms with Crippen molar-refractivity contribution in [2.45, 2.75) is 57.1 Å². The lowest BCUT2D eigenvalue weighted by Crippen LogP contribution is -2.47. The minimum atomic E-state index is -3.59. The second-order valence-electron chi connectivity index (χ2n) is 8.30. The molecule has 174 valence electrons. The first-order chi connectivity index (χ1) is 15.0. The molecule has 8 nitrogen and oxygen atoms in total. The van der Waals surface area contributed by atoms with Gasteiger partial charge in [0.1, 0.15) is 11.6 Å². The van der Waals surface area contributed by atoms with Crippen LogP contribution < -0.4 is 15.4 Å². The Bertz CT molecular complexity index is 1000. The number of benzene rings is 2. The van der Waals surface area contributed by atoms with Gasteiger partial charge in [0.05, 0.1) is 4.90 Å². The van der Waals surface area contributed by atoms with Gasteiger partial charge in [-0.25, -0.2) is 17.9 Å². The molecule has 1 atom stereocenters. The number of sulfonamides is 1. The van der Waals surface area contributed by atoms with E-state index < -0.39 is 33.7 Å².